The van der Waals surface area contributed by atoms with Crippen molar-refractivity contribution in [1.29, 1.82) is 0 Å². The highest BCUT2D eigenvalue weighted by Gasteiger charge is 2.12. The standard InChI is InChI=1S/C20H18O.C2H6.H2/c1-15(9-16-5-3-2-4-6-16)10-17-7-8-19-12-18(14-21)13-20(19)11-17;1-2;/h2-8,11-12,14H,1,9-10,13H2;1-2H3;1H. The molecule has 0 atom stereocenters. The Morgan fingerprint density at radius 1 is 1.09 bits per heavy atom. The van der Waals surface area contributed by atoms with Crippen LogP contribution in [0.4, 0.5) is 0 Å². The zero-order chi connectivity index (χ0) is 16.7. The van der Waals surface area contributed by atoms with Gasteiger partial charge in [-0.1, -0.05) is 74.5 Å². The highest BCUT2D eigenvalue weighted by atomic mass is 16.1. The van der Waals surface area contributed by atoms with Crippen molar-refractivity contribution in [2.24, 2.45) is 0 Å². The summed E-state index contributed by atoms with van der Waals surface area (Å²) in [4.78, 5) is 10.9. The number of carbonyl (C=O) groups excluding carboxylic acids is 1. The molecule has 0 fully saturated rings. The number of benzene rings is 2. The van der Waals surface area contributed by atoms with E-state index in [1.54, 1.807) is 0 Å². The summed E-state index contributed by atoms with van der Waals surface area (Å²) >= 11 is 0. The summed E-state index contributed by atoms with van der Waals surface area (Å²) in [6.45, 7) is 8.20. The Bertz CT molecular complexity index is 714. The quantitative estimate of drug-likeness (QED) is 0.531. The molecule has 0 radical (unpaired) electrons. The van der Waals surface area contributed by atoms with Gasteiger partial charge < -0.3 is 0 Å². The fraction of sp³-hybridized carbons (Fsp3) is 0.227. The minimum atomic E-state index is 0. The number of carbonyl (C=O) groups is 1. The SMILES string of the molecule is C=C(Cc1ccccc1)Cc1ccc2c(c1)CC(C=O)=C2.CC.[HH]. The molecule has 23 heavy (non-hydrogen) atoms. The van der Waals surface area contributed by atoms with Crippen molar-refractivity contribution < 1.29 is 6.22 Å². The van der Waals surface area contributed by atoms with Crippen LogP contribution in [0, 0.1) is 0 Å². The molecule has 0 heterocycles. The Morgan fingerprint density at radius 3 is 2.48 bits per heavy atom. The van der Waals surface area contributed by atoms with Crippen LogP contribution in [0.1, 0.15) is 37.5 Å². The highest BCUT2D eigenvalue weighted by Crippen LogP contribution is 2.26. The van der Waals surface area contributed by atoms with E-state index in [9.17, 15) is 4.79 Å². The highest BCUT2D eigenvalue weighted by molar-refractivity contribution is 5.86. The maximum atomic E-state index is 10.9. The molecule has 0 aliphatic heterocycles. The molecule has 0 spiro atoms. The van der Waals surface area contributed by atoms with E-state index in [4.69, 9.17) is 0 Å². The van der Waals surface area contributed by atoms with Gasteiger partial charge in [-0.3, -0.25) is 4.79 Å². The van der Waals surface area contributed by atoms with Gasteiger partial charge in [-0.15, -0.1) is 0 Å². The first kappa shape index (κ1) is 17.0. The lowest BCUT2D eigenvalue weighted by atomic mass is 9.97. The molecule has 0 amide bonds. The molecule has 1 nitrogen and oxygen atoms in total. The molecule has 0 aromatic heterocycles. The average Bonchev–Trinajstić information content (AvgIpc) is 3.00. The normalized spacial score (nSPS) is 11.8. The van der Waals surface area contributed by atoms with Gasteiger partial charge in [0, 0.05) is 7.85 Å². The van der Waals surface area contributed by atoms with Gasteiger partial charge in [0.25, 0.3) is 0 Å². The fourth-order valence-corrected chi connectivity index (χ4v) is 2.85. The van der Waals surface area contributed by atoms with E-state index in [0.29, 0.717) is 0 Å². The number of rotatable bonds is 5. The fourth-order valence-electron chi connectivity index (χ4n) is 2.85. The van der Waals surface area contributed by atoms with E-state index in [-0.39, 0.29) is 1.43 Å². The van der Waals surface area contributed by atoms with Gasteiger partial charge in [0.15, 0.2) is 0 Å². The Hall–Kier alpha value is -2.41. The summed E-state index contributed by atoms with van der Waals surface area (Å²) in [7, 11) is 0. The van der Waals surface area contributed by atoms with Crippen LogP contribution in [0.15, 0.2) is 66.3 Å². The lowest BCUT2D eigenvalue weighted by Crippen LogP contribution is -1.96. The summed E-state index contributed by atoms with van der Waals surface area (Å²) in [5, 5.41) is 0. The topological polar surface area (TPSA) is 17.1 Å². The predicted molar refractivity (Wildman–Crippen MR) is 101 cm³/mol. The average molecular weight is 306 g/mol. The lowest BCUT2D eigenvalue weighted by Gasteiger charge is -2.08. The zero-order valence-electron chi connectivity index (χ0n) is 14.0. The van der Waals surface area contributed by atoms with E-state index < -0.39 is 0 Å². The summed E-state index contributed by atoms with van der Waals surface area (Å²) in [5.41, 5.74) is 7.08. The zero-order valence-corrected chi connectivity index (χ0v) is 14.0. The molecule has 0 saturated heterocycles. The van der Waals surface area contributed by atoms with Gasteiger partial charge in [-0.05, 0) is 46.7 Å². The maximum absolute atomic E-state index is 10.9. The van der Waals surface area contributed by atoms with Crippen molar-refractivity contribution in [1.82, 2.24) is 0 Å². The molecular weight excluding hydrogens is 280 g/mol. The Kier molecular flexibility index (Phi) is 6.10. The molecule has 1 aliphatic rings. The summed E-state index contributed by atoms with van der Waals surface area (Å²) in [6.07, 6.45) is 5.49. The molecule has 2 aromatic rings. The molecule has 0 bridgehead atoms. The smallest absolute Gasteiger partial charge is 0.146 e. The third-order valence-electron chi connectivity index (χ3n) is 3.85. The van der Waals surface area contributed by atoms with Crippen LogP contribution in [0.2, 0.25) is 0 Å². The number of hydrogen-bond acceptors (Lipinski definition) is 1. The predicted octanol–water partition coefficient (Wildman–Crippen LogP) is 5.44. The van der Waals surface area contributed by atoms with Crippen LogP contribution in [0.25, 0.3) is 6.08 Å². The molecule has 1 heteroatoms. The first-order chi connectivity index (χ1) is 11.2. The Balaban J connectivity index is 0.000000925. The molecule has 0 saturated carbocycles. The molecule has 120 valence electrons. The van der Waals surface area contributed by atoms with E-state index in [1.165, 1.54) is 27.8 Å². The van der Waals surface area contributed by atoms with Crippen LogP contribution in [-0.2, 0) is 24.1 Å². The Labute approximate surface area is 140 Å². The monoisotopic (exact) mass is 306 g/mol. The number of allylic oxidation sites excluding steroid dienone is 2. The number of aldehydes is 1. The number of fused-ring (bicyclic) bond motifs is 1. The van der Waals surface area contributed by atoms with Crippen LogP contribution < -0.4 is 0 Å². The van der Waals surface area contributed by atoms with Crippen molar-refractivity contribution in [3.8, 4) is 0 Å². The minimum Gasteiger partial charge on any atom is -0.298 e. The van der Waals surface area contributed by atoms with Crippen molar-refractivity contribution in [3.63, 3.8) is 0 Å². The van der Waals surface area contributed by atoms with Gasteiger partial charge >= 0.3 is 0 Å². The summed E-state index contributed by atoms with van der Waals surface area (Å²) in [6, 6.07) is 16.9. The second-order valence-electron chi connectivity index (χ2n) is 5.64. The largest absolute Gasteiger partial charge is 0.298 e. The maximum Gasteiger partial charge on any atom is 0.146 e. The van der Waals surface area contributed by atoms with Crippen LogP contribution in [0.3, 0.4) is 0 Å². The van der Waals surface area contributed by atoms with E-state index >= 15 is 0 Å². The van der Waals surface area contributed by atoms with Crippen LogP contribution >= 0.6 is 0 Å². The van der Waals surface area contributed by atoms with Crippen molar-refractivity contribution in [2.45, 2.75) is 33.1 Å². The van der Waals surface area contributed by atoms with E-state index in [1.807, 2.05) is 26.0 Å². The summed E-state index contributed by atoms with van der Waals surface area (Å²) in [5.74, 6) is 0. The van der Waals surface area contributed by atoms with E-state index in [2.05, 4.69) is 49.0 Å². The summed E-state index contributed by atoms with van der Waals surface area (Å²) < 4.78 is 0. The van der Waals surface area contributed by atoms with Gasteiger partial charge in [0.05, 0.1) is 0 Å². The van der Waals surface area contributed by atoms with Gasteiger partial charge in [0.1, 0.15) is 6.29 Å². The van der Waals surface area contributed by atoms with Crippen molar-refractivity contribution >= 4 is 12.4 Å². The van der Waals surface area contributed by atoms with Crippen LogP contribution in [0.5, 0.6) is 0 Å². The third kappa shape index (κ3) is 4.53. The third-order valence-corrected chi connectivity index (χ3v) is 3.85. The lowest BCUT2D eigenvalue weighted by molar-refractivity contribution is -0.104. The molecule has 3 rings (SSSR count). The minimum absolute atomic E-state index is 0. The van der Waals surface area contributed by atoms with Crippen LogP contribution in [-0.4, -0.2) is 6.29 Å². The molecule has 1 aliphatic carbocycles. The van der Waals surface area contributed by atoms with Gasteiger partial charge in [-0.25, -0.2) is 0 Å². The Morgan fingerprint density at radius 2 is 1.78 bits per heavy atom. The first-order valence-electron chi connectivity index (χ1n) is 8.23. The molecule has 0 N–H and O–H groups in total. The number of hydrogen-bond donors (Lipinski definition) is 0. The van der Waals surface area contributed by atoms with Crippen molar-refractivity contribution in [3.05, 3.63) is 88.5 Å². The van der Waals surface area contributed by atoms with Gasteiger partial charge in [-0.2, -0.15) is 0 Å². The van der Waals surface area contributed by atoms with Crippen molar-refractivity contribution in [2.75, 3.05) is 0 Å². The molecule has 0 unspecified atom stereocenters. The second kappa shape index (κ2) is 8.28. The van der Waals surface area contributed by atoms with Gasteiger partial charge in [0.2, 0.25) is 0 Å². The molecular formula is C22H26O. The van der Waals surface area contributed by atoms with E-state index in [0.717, 1.165) is 31.1 Å². The second-order valence-corrected chi connectivity index (χ2v) is 5.64. The first-order valence-corrected chi connectivity index (χ1v) is 8.23. The molecule has 2 aromatic carbocycles.